The van der Waals surface area contributed by atoms with Gasteiger partial charge in [-0.15, -0.1) is 12.4 Å². The van der Waals surface area contributed by atoms with Crippen molar-refractivity contribution in [2.24, 2.45) is 5.92 Å². The molecule has 5 heteroatoms. The fourth-order valence-corrected chi connectivity index (χ4v) is 2.75. The molecule has 2 heterocycles. The fraction of sp³-hybridized carbons (Fsp3) is 0.533. The molecule has 1 unspecified atom stereocenters. The van der Waals surface area contributed by atoms with Crippen molar-refractivity contribution in [3.8, 4) is 0 Å². The Morgan fingerprint density at radius 3 is 3.15 bits per heavy atom. The Hall–Kier alpha value is -1.26. The average Bonchev–Trinajstić information content (AvgIpc) is 2.93. The summed E-state index contributed by atoms with van der Waals surface area (Å²) in [7, 11) is 0. The summed E-state index contributed by atoms with van der Waals surface area (Å²) in [5.74, 6) is 0.495. The Bertz CT molecular complexity index is 473. The molecule has 20 heavy (non-hydrogen) atoms. The molecular weight excluding hydrogens is 276 g/mol. The predicted molar refractivity (Wildman–Crippen MR) is 81.8 cm³/mol. The van der Waals surface area contributed by atoms with Gasteiger partial charge in [-0.2, -0.15) is 0 Å². The number of anilines is 1. The van der Waals surface area contributed by atoms with Crippen molar-refractivity contribution in [1.82, 2.24) is 5.32 Å². The first-order chi connectivity index (χ1) is 9.33. The number of fused-ring (bicyclic) bond motifs is 1. The zero-order valence-electron chi connectivity index (χ0n) is 11.5. The summed E-state index contributed by atoms with van der Waals surface area (Å²) in [6, 6.07) is 5.90. The SMILES string of the molecule is Cl.O=C(NCC1CCCOC1)c1ccc2c(c1)CCN2. The average molecular weight is 297 g/mol. The quantitative estimate of drug-likeness (QED) is 0.899. The molecule has 4 nitrogen and oxygen atoms in total. The molecule has 110 valence electrons. The molecule has 0 aromatic heterocycles. The van der Waals surface area contributed by atoms with Crippen molar-refractivity contribution < 1.29 is 9.53 Å². The third-order valence-corrected chi connectivity index (χ3v) is 3.88. The molecule has 1 fully saturated rings. The van der Waals surface area contributed by atoms with E-state index in [1.165, 1.54) is 5.56 Å². The predicted octanol–water partition coefficient (Wildman–Crippen LogP) is 2.23. The summed E-state index contributed by atoms with van der Waals surface area (Å²) in [5, 5.41) is 6.32. The van der Waals surface area contributed by atoms with Crippen LogP contribution in [0.15, 0.2) is 18.2 Å². The number of hydrogen-bond donors (Lipinski definition) is 2. The molecule has 0 radical (unpaired) electrons. The van der Waals surface area contributed by atoms with Gasteiger partial charge in [-0.25, -0.2) is 0 Å². The second-order valence-corrected chi connectivity index (χ2v) is 5.34. The smallest absolute Gasteiger partial charge is 0.251 e. The number of halogens is 1. The summed E-state index contributed by atoms with van der Waals surface area (Å²) in [4.78, 5) is 12.1. The molecule has 1 amide bonds. The van der Waals surface area contributed by atoms with Crippen LogP contribution in [0.5, 0.6) is 0 Å². The van der Waals surface area contributed by atoms with E-state index in [0.29, 0.717) is 12.5 Å². The molecule has 2 aliphatic heterocycles. The second-order valence-electron chi connectivity index (χ2n) is 5.34. The van der Waals surface area contributed by atoms with Crippen LogP contribution in [-0.2, 0) is 11.2 Å². The third kappa shape index (κ3) is 3.44. The highest BCUT2D eigenvalue weighted by atomic mass is 35.5. The maximum Gasteiger partial charge on any atom is 0.251 e. The summed E-state index contributed by atoms with van der Waals surface area (Å²) in [6.07, 6.45) is 3.26. The molecule has 0 bridgehead atoms. The van der Waals surface area contributed by atoms with Gasteiger partial charge in [0.1, 0.15) is 0 Å². The monoisotopic (exact) mass is 296 g/mol. The Morgan fingerprint density at radius 2 is 2.35 bits per heavy atom. The first kappa shape index (κ1) is 15.1. The van der Waals surface area contributed by atoms with Gasteiger partial charge in [-0.05, 0) is 48.9 Å². The van der Waals surface area contributed by atoms with E-state index in [1.54, 1.807) is 0 Å². The van der Waals surface area contributed by atoms with E-state index >= 15 is 0 Å². The number of carbonyl (C=O) groups is 1. The zero-order valence-corrected chi connectivity index (χ0v) is 12.3. The minimum atomic E-state index is 0. The van der Waals surface area contributed by atoms with Crippen LogP contribution >= 0.6 is 12.4 Å². The van der Waals surface area contributed by atoms with E-state index in [0.717, 1.165) is 50.3 Å². The van der Waals surface area contributed by atoms with Crippen molar-refractivity contribution in [3.63, 3.8) is 0 Å². The van der Waals surface area contributed by atoms with Crippen molar-refractivity contribution in [2.75, 3.05) is 31.6 Å². The number of hydrogen-bond acceptors (Lipinski definition) is 3. The van der Waals surface area contributed by atoms with E-state index < -0.39 is 0 Å². The Kier molecular flexibility index (Phi) is 5.26. The van der Waals surface area contributed by atoms with Crippen LogP contribution in [0.25, 0.3) is 0 Å². The number of ether oxygens (including phenoxy) is 1. The maximum absolute atomic E-state index is 12.1. The summed E-state index contributed by atoms with van der Waals surface area (Å²) in [5.41, 5.74) is 3.17. The van der Waals surface area contributed by atoms with E-state index in [4.69, 9.17) is 4.74 Å². The highest BCUT2D eigenvalue weighted by molar-refractivity contribution is 5.95. The lowest BCUT2D eigenvalue weighted by Gasteiger charge is -2.22. The van der Waals surface area contributed by atoms with Crippen LogP contribution in [0, 0.1) is 5.92 Å². The number of amides is 1. The molecule has 1 aromatic carbocycles. The van der Waals surface area contributed by atoms with Gasteiger partial charge in [0.2, 0.25) is 0 Å². The molecule has 2 N–H and O–H groups in total. The largest absolute Gasteiger partial charge is 0.384 e. The number of benzene rings is 1. The summed E-state index contributed by atoms with van der Waals surface area (Å²) < 4.78 is 5.42. The zero-order chi connectivity index (χ0) is 13.1. The Morgan fingerprint density at radius 1 is 1.45 bits per heavy atom. The van der Waals surface area contributed by atoms with E-state index in [2.05, 4.69) is 10.6 Å². The van der Waals surface area contributed by atoms with Gasteiger partial charge in [0, 0.05) is 30.9 Å². The van der Waals surface area contributed by atoms with Gasteiger partial charge in [0.15, 0.2) is 0 Å². The van der Waals surface area contributed by atoms with Crippen LogP contribution < -0.4 is 10.6 Å². The van der Waals surface area contributed by atoms with E-state index in [9.17, 15) is 4.79 Å². The van der Waals surface area contributed by atoms with Crippen LogP contribution in [0.2, 0.25) is 0 Å². The lowest BCUT2D eigenvalue weighted by molar-refractivity contribution is 0.0536. The van der Waals surface area contributed by atoms with Crippen molar-refractivity contribution in [1.29, 1.82) is 0 Å². The molecule has 3 rings (SSSR count). The lowest BCUT2D eigenvalue weighted by atomic mass is 10.0. The number of carbonyl (C=O) groups excluding carboxylic acids is 1. The summed E-state index contributed by atoms with van der Waals surface area (Å²) in [6.45, 7) is 3.32. The van der Waals surface area contributed by atoms with Gasteiger partial charge < -0.3 is 15.4 Å². The molecule has 1 saturated heterocycles. The first-order valence-electron chi connectivity index (χ1n) is 7.05. The van der Waals surface area contributed by atoms with Crippen molar-refractivity contribution >= 4 is 24.0 Å². The van der Waals surface area contributed by atoms with Crippen LogP contribution in [0.1, 0.15) is 28.8 Å². The minimum absolute atomic E-state index is 0. The van der Waals surface area contributed by atoms with Gasteiger partial charge in [-0.3, -0.25) is 4.79 Å². The Labute approximate surface area is 125 Å². The van der Waals surface area contributed by atoms with Gasteiger partial charge in [0.05, 0.1) is 6.61 Å². The van der Waals surface area contributed by atoms with Crippen LogP contribution in [-0.4, -0.2) is 32.2 Å². The van der Waals surface area contributed by atoms with Crippen LogP contribution in [0.4, 0.5) is 5.69 Å². The minimum Gasteiger partial charge on any atom is -0.384 e. The van der Waals surface area contributed by atoms with E-state index in [1.807, 2.05) is 18.2 Å². The summed E-state index contributed by atoms with van der Waals surface area (Å²) >= 11 is 0. The molecule has 2 aliphatic rings. The molecule has 1 aromatic rings. The second kappa shape index (κ2) is 6.95. The molecule has 0 saturated carbocycles. The molecule has 0 aliphatic carbocycles. The molecular formula is C15H21ClN2O2. The first-order valence-corrected chi connectivity index (χ1v) is 7.05. The van der Waals surface area contributed by atoms with Crippen LogP contribution in [0.3, 0.4) is 0 Å². The highest BCUT2D eigenvalue weighted by Gasteiger charge is 2.17. The van der Waals surface area contributed by atoms with Gasteiger partial charge in [-0.1, -0.05) is 0 Å². The Balaban J connectivity index is 0.00000147. The number of rotatable bonds is 3. The van der Waals surface area contributed by atoms with Crippen molar-refractivity contribution in [3.05, 3.63) is 29.3 Å². The molecule has 1 atom stereocenters. The lowest BCUT2D eigenvalue weighted by Crippen LogP contribution is -2.33. The van der Waals surface area contributed by atoms with E-state index in [-0.39, 0.29) is 18.3 Å². The maximum atomic E-state index is 12.1. The molecule has 0 spiro atoms. The highest BCUT2D eigenvalue weighted by Crippen LogP contribution is 2.23. The van der Waals surface area contributed by atoms with Gasteiger partial charge >= 0.3 is 0 Å². The van der Waals surface area contributed by atoms with Crippen molar-refractivity contribution in [2.45, 2.75) is 19.3 Å². The topological polar surface area (TPSA) is 50.4 Å². The fourth-order valence-electron chi connectivity index (χ4n) is 2.75. The number of nitrogens with one attached hydrogen (secondary N) is 2. The third-order valence-electron chi connectivity index (χ3n) is 3.88. The normalized spacial score (nSPS) is 20.5. The van der Waals surface area contributed by atoms with Gasteiger partial charge in [0.25, 0.3) is 5.91 Å². The standard InChI is InChI=1S/C15H20N2O2.ClH/c18-15(17-9-11-2-1-7-19-10-11)13-3-4-14-12(8-13)5-6-16-14;/h3-4,8,11,16H,1-2,5-7,9-10H2,(H,17,18);1H.